The zero-order valence-electron chi connectivity index (χ0n) is 12.6. The van der Waals surface area contributed by atoms with E-state index in [-0.39, 0.29) is 0 Å². The van der Waals surface area contributed by atoms with Crippen molar-refractivity contribution in [1.82, 2.24) is 24.9 Å². The van der Waals surface area contributed by atoms with Gasteiger partial charge < -0.3 is 9.84 Å². The summed E-state index contributed by atoms with van der Waals surface area (Å²) in [6.07, 6.45) is 1.74. The van der Waals surface area contributed by atoms with Crippen LogP contribution in [-0.2, 0) is 13.6 Å². The summed E-state index contributed by atoms with van der Waals surface area (Å²) in [5, 5.41) is 12.5. The molecule has 0 radical (unpaired) electrons. The second-order valence-corrected chi connectivity index (χ2v) is 6.13. The van der Waals surface area contributed by atoms with Gasteiger partial charge in [-0.1, -0.05) is 22.6 Å². The quantitative estimate of drug-likeness (QED) is 0.621. The maximum absolute atomic E-state index is 5.35. The molecule has 0 aliphatic rings. The first-order chi connectivity index (χ1) is 11.2. The maximum atomic E-state index is 5.35. The van der Waals surface area contributed by atoms with Crippen LogP contribution in [0, 0.1) is 6.92 Å². The molecule has 0 aliphatic carbocycles. The van der Waals surface area contributed by atoms with Crippen molar-refractivity contribution in [2.75, 3.05) is 5.32 Å². The summed E-state index contributed by atoms with van der Waals surface area (Å²) < 4.78 is 8.24. The molecule has 4 aromatic rings. The molecule has 4 aromatic heterocycles. The molecular formula is C15H14N6OS. The molecule has 4 heterocycles. The topological polar surface area (TPSA) is 81.7 Å². The normalized spacial score (nSPS) is 11.2. The summed E-state index contributed by atoms with van der Waals surface area (Å²) in [7, 11) is 1.90. The van der Waals surface area contributed by atoms with E-state index >= 15 is 0 Å². The average Bonchev–Trinajstić information content (AvgIpc) is 3.25. The fourth-order valence-corrected chi connectivity index (χ4v) is 3.28. The molecule has 23 heavy (non-hydrogen) atoms. The second-order valence-electron chi connectivity index (χ2n) is 5.13. The molecule has 0 atom stereocenters. The third kappa shape index (κ3) is 2.57. The molecule has 4 rings (SSSR count). The molecule has 0 spiro atoms. The Labute approximate surface area is 136 Å². The van der Waals surface area contributed by atoms with E-state index in [0.29, 0.717) is 6.54 Å². The lowest BCUT2D eigenvalue weighted by molar-refractivity contribution is 0.390. The average molecular weight is 326 g/mol. The monoisotopic (exact) mass is 326 g/mol. The zero-order chi connectivity index (χ0) is 15.8. The largest absolute Gasteiger partial charge is 0.359 e. The molecule has 0 bridgehead atoms. The standard InChI is InChI=1S/C15H14N6OS/c1-9-13-14(21(2)19-9)18-15(23-13)17-8-10-7-12(20-22-10)11-5-3-4-6-16-11/h3-7H,8H2,1-2H3,(H,17,18). The lowest BCUT2D eigenvalue weighted by atomic mass is 10.2. The predicted molar refractivity (Wildman–Crippen MR) is 88.2 cm³/mol. The van der Waals surface area contributed by atoms with Gasteiger partial charge in [-0.3, -0.25) is 4.98 Å². The zero-order valence-corrected chi connectivity index (χ0v) is 13.5. The molecular weight excluding hydrogens is 312 g/mol. The number of hydrogen-bond donors (Lipinski definition) is 1. The Morgan fingerprint density at radius 3 is 3.00 bits per heavy atom. The Morgan fingerprint density at radius 2 is 2.22 bits per heavy atom. The summed E-state index contributed by atoms with van der Waals surface area (Å²) in [6.45, 7) is 2.51. The van der Waals surface area contributed by atoms with Crippen LogP contribution >= 0.6 is 11.3 Å². The number of thiazole rings is 1. The van der Waals surface area contributed by atoms with Gasteiger partial charge in [0.05, 0.1) is 22.6 Å². The van der Waals surface area contributed by atoms with Gasteiger partial charge in [-0.25, -0.2) is 9.67 Å². The summed E-state index contributed by atoms with van der Waals surface area (Å²) in [5.41, 5.74) is 3.41. The van der Waals surface area contributed by atoms with Gasteiger partial charge in [-0.05, 0) is 19.1 Å². The van der Waals surface area contributed by atoms with E-state index in [4.69, 9.17) is 4.52 Å². The van der Waals surface area contributed by atoms with Crippen LogP contribution in [0.25, 0.3) is 21.7 Å². The Morgan fingerprint density at radius 1 is 1.30 bits per heavy atom. The third-order valence-corrected chi connectivity index (χ3v) is 4.56. The summed E-state index contributed by atoms with van der Waals surface area (Å²) in [5.74, 6) is 0.736. The fraction of sp³-hybridized carbons (Fsp3) is 0.200. The van der Waals surface area contributed by atoms with E-state index in [1.54, 1.807) is 22.2 Å². The maximum Gasteiger partial charge on any atom is 0.185 e. The molecule has 0 unspecified atom stereocenters. The number of anilines is 1. The van der Waals surface area contributed by atoms with Gasteiger partial charge in [-0.15, -0.1) is 0 Å². The molecule has 0 fully saturated rings. The Bertz CT molecular complexity index is 921. The molecule has 116 valence electrons. The Hall–Kier alpha value is -2.74. The van der Waals surface area contributed by atoms with Gasteiger partial charge in [0, 0.05) is 19.3 Å². The molecule has 8 heteroatoms. The number of rotatable bonds is 4. The van der Waals surface area contributed by atoms with E-state index < -0.39 is 0 Å². The SMILES string of the molecule is Cc1nn(C)c2nc(NCc3cc(-c4ccccn4)no3)sc12. The van der Waals surface area contributed by atoms with Gasteiger partial charge >= 0.3 is 0 Å². The Balaban J connectivity index is 1.50. The van der Waals surface area contributed by atoms with E-state index in [0.717, 1.165) is 38.3 Å². The summed E-state index contributed by atoms with van der Waals surface area (Å²) in [4.78, 5) is 8.81. The van der Waals surface area contributed by atoms with Crippen LogP contribution in [0.3, 0.4) is 0 Å². The van der Waals surface area contributed by atoms with Crippen molar-refractivity contribution in [3.05, 3.63) is 41.9 Å². The van der Waals surface area contributed by atoms with Crippen LogP contribution in [0.15, 0.2) is 35.0 Å². The van der Waals surface area contributed by atoms with Crippen molar-refractivity contribution < 1.29 is 4.52 Å². The molecule has 0 aromatic carbocycles. The number of nitrogens with zero attached hydrogens (tertiary/aromatic N) is 5. The molecule has 0 saturated heterocycles. The van der Waals surface area contributed by atoms with Crippen LogP contribution in [0.4, 0.5) is 5.13 Å². The van der Waals surface area contributed by atoms with Crippen molar-refractivity contribution in [2.45, 2.75) is 13.5 Å². The van der Waals surface area contributed by atoms with Gasteiger partial charge in [-0.2, -0.15) is 5.10 Å². The minimum absolute atomic E-state index is 0.520. The molecule has 0 aliphatic heterocycles. The molecule has 1 N–H and O–H groups in total. The third-order valence-electron chi connectivity index (χ3n) is 3.44. The van der Waals surface area contributed by atoms with E-state index in [9.17, 15) is 0 Å². The first kappa shape index (κ1) is 13.9. The first-order valence-electron chi connectivity index (χ1n) is 7.12. The van der Waals surface area contributed by atoms with E-state index in [1.165, 1.54) is 0 Å². The highest BCUT2D eigenvalue weighted by Crippen LogP contribution is 2.28. The highest BCUT2D eigenvalue weighted by molar-refractivity contribution is 7.22. The van der Waals surface area contributed by atoms with Crippen molar-refractivity contribution in [3.63, 3.8) is 0 Å². The van der Waals surface area contributed by atoms with Crippen molar-refractivity contribution in [2.24, 2.45) is 7.05 Å². The number of aryl methyl sites for hydroxylation is 2. The molecule has 0 saturated carbocycles. The van der Waals surface area contributed by atoms with Crippen LogP contribution in [-0.4, -0.2) is 24.9 Å². The lowest BCUT2D eigenvalue weighted by Gasteiger charge is -1.97. The summed E-state index contributed by atoms with van der Waals surface area (Å²) >= 11 is 1.59. The number of nitrogens with one attached hydrogen (secondary N) is 1. The first-order valence-corrected chi connectivity index (χ1v) is 7.93. The van der Waals surface area contributed by atoms with Gasteiger partial charge in [0.1, 0.15) is 5.69 Å². The second kappa shape index (κ2) is 5.47. The minimum atomic E-state index is 0.520. The highest BCUT2D eigenvalue weighted by Gasteiger charge is 2.12. The number of aromatic nitrogens is 5. The number of fused-ring (bicyclic) bond motifs is 1. The van der Waals surface area contributed by atoms with E-state index in [1.807, 2.05) is 38.2 Å². The van der Waals surface area contributed by atoms with Crippen LogP contribution in [0.1, 0.15) is 11.5 Å². The minimum Gasteiger partial charge on any atom is -0.359 e. The highest BCUT2D eigenvalue weighted by atomic mass is 32.1. The van der Waals surface area contributed by atoms with Crippen molar-refractivity contribution >= 4 is 26.8 Å². The molecule has 7 nitrogen and oxygen atoms in total. The van der Waals surface area contributed by atoms with Crippen LogP contribution in [0.5, 0.6) is 0 Å². The van der Waals surface area contributed by atoms with Gasteiger partial charge in [0.15, 0.2) is 16.5 Å². The van der Waals surface area contributed by atoms with Gasteiger partial charge in [0.2, 0.25) is 0 Å². The van der Waals surface area contributed by atoms with E-state index in [2.05, 4.69) is 25.5 Å². The van der Waals surface area contributed by atoms with Crippen molar-refractivity contribution in [1.29, 1.82) is 0 Å². The van der Waals surface area contributed by atoms with Crippen LogP contribution in [0.2, 0.25) is 0 Å². The lowest BCUT2D eigenvalue weighted by Crippen LogP contribution is -1.98. The molecule has 0 amide bonds. The predicted octanol–water partition coefficient (Wildman–Crippen LogP) is 3.00. The Kier molecular flexibility index (Phi) is 3.30. The fourth-order valence-electron chi connectivity index (χ4n) is 2.35. The number of pyridine rings is 1. The smallest absolute Gasteiger partial charge is 0.185 e. The van der Waals surface area contributed by atoms with Crippen molar-refractivity contribution in [3.8, 4) is 11.4 Å². The van der Waals surface area contributed by atoms with Crippen LogP contribution < -0.4 is 5.32 Å². The summed E-state index contributed by atoms with van der Waals surface area (Å²) in [6, 6.07) is 7.58. The van der Waals surface area contributed by atoms with Gasteiger partial charge in [0.25, 0.3) is 0 Å². The number of hydrogen-bond acceptors (Lipinski definition) is 7.